The highest BCUT2D eigenvalue weighted by Gasteiger charge is 2.33. The van der Waals surface area contributed by atoms with Crippen LogP contribution in [0.2, 0.25) is 0 Å². The van der Waals surface area contributed by atoms with Crippen LogP contribution in [0.5, 0.6) is 0 Å². The lowest BCUT2D eigenvalue weighted by atomic mass is 9.85. The van der Waals surface area contributed by atoms with Gasteiger partial charge in [-0.3, -0.25) is 4.79 Å². The lowest BCUT2D eigenvalue weighted by Crippen LogP contribution is -2.42. The standard InChI is InChI=1S/C25H28N2O/c1-18-8-5-6-9-21(18)24(28)27-17-16-26-15-7-10-22(26)23(27)19-11-13-20(14-12-19)25(2,3)4/h5-15,23H,16-17H2,1-4H3. The van der Waals surface area contributed by atoms with E-state index in [-0.39, 0.29) is 17.4 Å². The number of nitrogens with zero attached hydrogens (tertiary/aromatic N) is 2. The van der Waals surface area contributed by atoms with Crippen LogP contribution in [0.4, 0.5) is 0 Å². The van der Waals surface area contributed by atoms with E-state index in [1.165, 1.54) is 11.3 Å². The van der Waals surface area contributed by atoms with Crippen LogP contribution in [0, 0.1) is 6.92 Å². The van der Waals surface area contributed by atoms with Gasteiger partial charge in [0.1, 0.15) is 0 Å². The molecule has 0 bridgehead atoms. The van der Waals surface area contributed by atoms with Crippen LogP contribution in [0.15, 0.2) is 66.9 Å². The third-order valence-corrected chi connectivity index (χ3v) is 5.77. The fourth-order valence-corrected chi connectivity index (χ4v) is 4.09. The number of fused-ring (bicyclic) bond motifs is 1. The summed E-state index contributed by atoms with van der Waals surface area (Å²) in [6.07, 6.45) is 2.11. The summed E-state index contributed by atoms with van der Waals surface area (Å²) in [5.41, 5.74) is 5.57. The van der Waals surface area contributed by atoms with Gasteiger partial charge in [-0.1, -0.05) is 63.2 Å². The molecule has 2 aromatic carbocycles. The molecule has 3 aromatic rings. The molecule has 1 amide bonds. The summed E-state index contributed by atoms with van der Waals surface area (Å²) in [7, 11) is 0. The topological polar surface area (TPSA) is 25.2 Å². The number of benzene rings is 2. The predicted molar refractivity (Wildman–Crippen MR) is 114 cm³/mol. The molecule has 144 valence electrons. The van der Waals surface area contributed by atoms with E-state index >= 15 is 0 Å². The number of rotatable bonds is 2. The van der Waals surface area contributed by atoms with Crippen molar-refractivity contribution in [3.63, 3.8) is 0 Å². The highest BCUT2D eigenvalue weighted by Crippen LogP contribution is 2.35. The summed E-state index contributed by atoms with van der Waals surface area (Å²) in [5.74, 6) is 0.107. The number of aromatic nitrogens is 1. The van der Waals surface area contributed by atoms with Gasteiger partial charge in [-0.05, 0) is 47.2 Å². The molecule has 1 unspecified atom stereocenters. The predicted octanol–water partition coefficient (Wildman–Crippen LogP) is 5.34. The summed E-state index contributed by atoms with van der Waals surface area (Å²) >= 11 is 0. The van der Waals surface area contributed by atoms with Crippen LogP contribution >= 0.6 is 0 Å². The molecule has 28 heavy (non-hydrogen) atoms. The fraction of sp³-hybridized carbons (Fsp3) is 0.320. The Bertz CT molecular complexity index is 992. The van der Waals surface area contributed by atoms with Gasteiger partial charge in [0.25, 0.3) is 5.91 Å². The van der Waals surface area contributed by atoms with Gasteiger partial charge in [-0.2, -0.15) is 0 Å². The maximum absolute atomic E-state index is 13.5. The first-order valence-electron chi connectivity index (χ1n) is 9.98. The highest BCUT2D eigenvalue weighted by molar-refractivity contribution is 5.96. The van der Waals surface area contributed by atoms with E-state index in [1.807, 2.05) is 36.1 Å². The molecule has 0 spiro atoms. The molecule has 2 heterocycles. The van der Waals surface area contributed by atoms with E-state index in [0.29, 0.717) is 6.54 Å². The Morgan fingerprint density at radius 1 is 0.929 bits per heavy atom. The average molecular weight is 373 g/mol. The Labute approximate surface area is 167 Å². The van der Waals surface area contributed by atoms with Crippen LogP contribution in [-0.2, 0) is 12.0 Å². The Hall–Kier alpha value is -2.81. The first-order valence-corrected chi connectivity index (χ1v) is 9.98. The van der Waals surface area contributed by atoms with E-state index in [2.05, 4.69) is 67.9 Å². The van der Waals surface area contributed by atoms with Crippen molar-refractivity contribution in [2.24, 2.45) is 0 Å². The van der Waals surface area contributed by atoms with Gasteiger partial charge in [-0.15, -0.1) is 0 Å². The summed E-state index contributed by atoms with van der Waals surface area (Å²) in [6.45, 7) is 10.2. The zero-order valence-corrected chi connectivity index (χ0v) is 17.1. The quantitative estimate of drug-likeness (QED) is 0.596. The fourth-order valence-electron chi connectivity index (χ4n) is 4.09. The van der Waals surface area contributed by atoms with Crippen molar-refractivity contribution in [3.8, 4) is 0 Å². The molecular weight excluding hydrogens is 344 g/mol. The normalized spacial score (nSPS) is 16.7. The zero-order valence-electron chi connectivity index (χ0n) is 17.1. The third kappa shape index (κ3) is 3.26. The van der Waals surface area contributed by atoms with Gasteiger partial charge in [0.05, 0.1) is 6.04 Å². The van der Waals surface area contributed by atoms with E-state index in [1.54, 1.807) is 0 Å². The molecule has 1 atom stereocenters. The van der Waals surface area contributed by atoms with Crippen LogP contribution in [-0.4, -0.2) is 21.9 Å². The van der Waals surface area contributed by atoms with Crippen molar-refractivity contribution in [1.29, 1.82) is 0 Å². The van der Waals surface area contributed by atoms with Gasteiger partial charge >= 0.3 is 0 Å². The number of carbonyl (C=O) groups is 1. The Kier molecular flexibility index (Phi) is 4.62. The van der Waals surface area contributed by atoms with Gasteiger partial charge in [0, 0.05) is 30.5 Å². The van der Waals surface area contributed by atoms with Crippen molar-refractivity contribution in [3.05, 3.63) is 94.8 Å². The molecule has 0 aliphatic carbocycles. The molecule has 3 heteroatoms. The summed E-state index contributed by atoms with van der Waals surface area (Å²) in [6, 6.07) is 20.8. The number of amides is 1. The number of carbonyl (C=O) groups excluding carboxylic acids is 1. The van der Waals surface area contributed by atoms with E-state index in [0.717, 1.165) is 23.2 Å². The Morgan fingerprint density at radius 2 is 1.64 bits per heavy atom. The molecule has 0 saturated heterocycles. The molecule has 0 fully saturated rings. The van der Waals surface area contributed by atoms with Crippen LogP contribution in [0.25, 0.3) is 0 Å². The van der Waals surface area contributed by atoms with Gasteiger partial charge < -0.3 is 9.47 Å². The largest absolute Gasteiger partial charge is 0.348 e. The van der Waals surface area contributed by atoms with Crippen molar-refractivity contribution in [2.75, 3.05) is 6.54 Å². The average Bonchev–Trinajstić information content (AvgIpc) is 3.15. The van der Waals surface area contributed by atoms with Crippen molar-refractivity contribution < 1.29 is 4.79 Å². The minimum Gasteiger partial charge on any atom is -0.348 e. The second-order valence-electron chi connectivity index (χ2n) is 8.71. The number of hydrogen-bond donors (Lipinski definition) is 0. The first kappa shape index (κ1) is 18.5. The third-order valence-electron chi connectivity index (χ3n) is 5.77. The zero-order chi connectivity index (χ0) is 19.9. The Morgan fingerprint density at radius 3 is 2.32 bits per heavy atom. The molecule has 0 N–H and O–H groups in total. The van der Waals surface area contributed by atoms with Gasteiger partial charge in [0.2, 0.25) is 0 Å². The molecular formula is C25H28N2O. The molecule has 0 radical (unpaired) electrons. The highest BCUT2D eigenvalue weighted by atomic mass is 16.2. The van der Waals surface area contributed by atoms with E-state index in [4.69, 9.17) is 0 Å². The van der Waals surface area contributed by atoms with Gasteiger partial charge in [0.15, 0.2) is 0 Å². The van der Waals surface area contributed by atoms with Crippen molar-refractivity contribution in [1.82, 2.24) is 9.47 Å². The van der Waals surface area contributed by atoms with Crippen molar-refractivity contribution in [2.45, 2.75) is 45.7 Å². The summed E-state index contributed by atoms with van der Waals surface area (Å²) < 4.78 is 2.27. The lowest BCUT2D eigenvalue weighted by molar-refractivity contribution is 0.0663. The summed E-state index contributed by atoms with van der Waals surface area (Å²) in [4.78, 5) is 15.5. The van der Waals surface area contributed by atoms with Crippen LogP contribution in [0.1, 0.15) is 59.6 Å². The maximum atomic E-state index is 13.5. The first-order chi connectivity index (χ1) is 13.4. The monoisotopic (exact) mass is 372 g/mol. The lowest BCUT2D eigenvalue weighted by Gasteiger charge is -2.38. The minimum absolute atomic E-state index is 0.0649. The molecule has 1 aliphatic rings. The SMILES string of the molecule is Cc1ccccc1C(=O)N1CCn2cccc2C1c1ccc(C(C)(C)C)cc1. The molecule has 0 saturated carbocycles. The van der Waals surface area contributed by atoms with Crippen molar-refractivity contribution >= 4 is 5.91 Å². The molecule has 3 nitrogen and oxygen atoms in total. The maximum Gasteiger partial charge on any atom is 0.255 e. The molecule has 1 aromatic heterocycles. The van der Waals surface area contributed by atoms with Gasteiger partial charge in [-0.25, -0.2) is 0 Å². The molecule has 4 rings (SSSR count). The second kappa shape index (κ2) is 6.97. The summed E-state index contributed by atoms with van der Waals surface area (Å²) in [5, 5.41) is 0. The van der Waals surface area contributed by atoms with E-state index in [9.17, 15) is 4.79 Å². The molecule has 1 aliphatic heterocycles. The smallest absolute Gasteiger partial charge is 0.255 e. The second-order valence-corrected chi connectivity index (χ2v) is 8.71. The Balaban J connectivity index is 1.77. The number of hydrogen-bond acceptors (Lipinski definition) is 1. The van der Waals surface area contributed by atoms with E-state index < -0.39 is 0 Å². The van der Waals surface area contributed by atoms with Crippen LogP contribution in [0.3, 0.4) is 0 Å². The van der Waals surface area contributed by atoms with Crippen LogP contribution < -0.4 is 0 Å². The minimum atomic E-state index is -0.0649. The number of aryl methyl sites for hydroxylation is 1.